The van der Waals surface area contributed by atoms with Crippen LogP contribution in [0, 0.1) is 26.7 Å². The molecule has 2 nitrogen and oxygen atoms in total. The van der Waals surface area contributed by atoms with Crippen LogP contribution in [0.25, 0.3) is 0 Å². The Balaban J connectivity index is 1.87. The highest BCUT2D eigenvalue weighted by Crippen LogP contribution is 2.20. The lowest BCUT2D eigenvalue weighted by atomic mass is 10.0. The Morgan fingerprint density at radius 2 is 1.94 bits per heavy atom. The molecule has 1 atom stereocenters. The molecule has 2 heteroatoms. The maximum atomic E-state index is 3.58. The predicted molar refractivity (Wildman–Crippen MR) is 74.7 cm³/mol. The molecule has 0 amide bonds. The molecule has 0 saturated carbocycles. The summed E-state index contributed by atoms with van der Waals surface area (Å²) < 4.78 is 0. The van der Waals surface area contributed by atoms with Gasteiger partial charge in [-0.25, -0.2) is 0 Å². The summed E-state index contributed by atoms with van der Waals surface area (Å²) in [6.45, 7) is 10.0. The van der Waals surface area contributed by atoms with Gasteiger partial charge in [-0.2, -0.15) is 0 Å². The van der Waals surface area contributed by atoms with Gasteiger partial charge in [-0.3, -0.25) is 0 Å². The van der Waals surface area contributed by atoms with E-state index in [0.29, 0.717) is 0 Å². The summed E-state index contributed by atoms with van der Waals surface area (Å²) in [5.41, 5.74) is 5.42. The summed E-state index contributed by atoms with van der Waals surface area (Å²) >= 11 is 0. The Morgan fingerprint density at radius 1 is 1.18 bits per heavy atom. The van der Waals surface area contributed by atoms with Crippen molar-refractivity contribution in [2.45, 2.75) is 33.6 Å². The Bertz CT molecular complexity index is 379. The van der Waals surface area contributed by atoms with E-state index < -0.39 is 0 Å². The highest BCUT2D eigenvalue weighted by Gasteiger charge is 2.13. The van der Waals surface area contributed by atoms with Gasteiger partial charge < -0.3 is 10.6 Å². The average Bonchev–Trinajstić information content (AvgIpc) is 2.78. The van der Waals surface area contributed by atoms with Gasteiger partial charge in [0.15, 0.2) is 0 Å². The number of nitrogens with one attached hydrogen (secondary N) is 2. The molecular weight excluding hydrogens is 208 g/mol. The van der Waals surface area contributed by atoms with E-state index in [-0.39, 0.29) is 0 Å². The average molecular weight is 232 g/mol. The minimum atomic E-state index is 0.870. The van der Waals surface area contributed by atoms with Gasteiger partial charge in [-0.05, 0) is 75.4 Å². The zero-order chi connectivity index (χ0) is 12.3. The van der Waals surface area contributed by atoms with Crippen molar-refractivity contribution >= 4 is 5.69 Å². The molecule has 1 heterocycles. The van der Waals surface area contributed by atoms with Gasteiger partial charge in [0.05, 0.1) is 0 Å². The van der Waals surface area contributed by atoms with Crippen LogP contribution in [0.5, 0.6) is 0 Å². The van der Waals surface area contributed by atoms with Crippen molar-refractivity contribution in [3.05, 3.63) is 28.8 Å². The quantitative estimate of drug-likeness (QED) is 0.834. The van der Waals surface area contributed by atoms with Crippen LogP contribution in [-0.4, -0.2) is 19.6 Å². The number of hydrogen-bond donors (Lipinski definition) is 2. The second-order valence-electron chi connectivity index (χ2n) is 5.33. The van der Waals surface area contributed by atoms with Gasteiger partial charge in [0.25, 0.3) is 0 Å². The van der Waals surface area contributed by atoms with Gasteiger partial charge in [0, 0.05) is 12.2 Å². The molecule has 1 aliphatic rings. The first-order chi connectivity index (χ1) is 8.16. The van der Waals surface area contributed by atoms with Crippen molar-refractivity contribution < 1.29 is 0 Å². The molecule has 2 rings (SSSR count). The molecular formula is C15H24N2. The summed E-state index contributed by atoms with van der Waals surface area (Å²) in [7, 11) is 0. The molecule has 1 unspecified atom stereocenters. The molecule has 1 aromatic rings. The van der Waals surface area contributed by atoms with Gasteiger partial charge in [0.2, 0.25) is 0 Å². The fourth-order valence-corrected chi connectivity index (χ4v) is 2.52. The minimum absolute atomic E-state index is 0.870. The van der Waals surface area contributed by atoms with Gasteiger partial charge >= 0.3 is 0 Å². The van der Waals surface area contributed by atoms with Crippen LogP contribution >= 0.6 is 0 Å². The van der Waals surface area contributed by atoms with Crippen molar-refractivity contribution in [1.29, 1.82) is 0 Å². The molecule has 0 aliphatic carbocycles. The first-order valence-corrected chi connectivity index (χ1v) is 6.69. The summed E-state index contributed by atoms with van der Waals surface area (Å²) in [4.78, 5) is 0. The number of benzene rings is 1. The largest absolute Gasteiger partial charge is 0.385 e. The highest BCUT2D eigenvalue weighted by molar-refractivity contribution is 5.54. The zero-order valence-electron chi connectivity index (χ0n) is 11.3. The predicted octanol–water partition coefficient (Wildman–Crippen LogP) is 3.02. The van der Waals surface area contributed by atoms with Crippen LogP contribution in [0.3, 0.4) is 0 Å². The van der Waals surface area contributed by atoms with Crippen molar-refractivity contribution in [1.82, 2.24) is 5.32 Å². The van der Waals surface area contributed by atoms with Crippen molar-refractivity contribution in [3.8, 4) is 0 Å². The van der Waals surface area contributed by atoms with Crippen LogP contribution < -0.4 is 10.6 Å². The van der Waals surface area contributed by atoms with Gasteiger partial charge in [-0.15, -0.1) is 0 Å². The molecule has 0 spiro atoms. The highest BCUT2D eigenvalue weighted by atomic mass is 14.9. The summed E-state index contributed by atoms with van der Waals surface area (Å²) in [6, 6.07) is 4.55. The molecule has 1 saturated heterocycles. The molecule has 1 aliphatic heterocycles. The SMILES string of the molecule is Cc1cc(C)c(NCCC2CCNC2)cc1C. The first-order valence-electron chi connectivity index (χ1n) is 6.69. The van der Waals surface area contributed by atoms with Gasteiger partial charge in [0.1, 0.15) is 0 Å². The smallest absolute Gasteiger partial charge is 0.0372 e. The van der Waals surface area contributed by atoms with Crippen LogP contribution in [0.2, 0.25) is 0 Å². The van der Waals surface area contributed by atoms with Crippen LogP contribution in [0.1, 0.15) is 29.5 Å². The molecule has 0 radical (unpaired) electrons. The third-order valence-electron chi connectivity index (χ3n) is 3.87. The zero-order valence-corrected chi connectivity index (χ0v) is 11.3. The van der Waals surface area contributed by atoms with E-state index in [1.54, 1.807) is 0 Å². The topological polar surface area (TPSA) is 24.1 Å². The van der Waals surface area contributed by atoms with E-state index in [1.165, 1.54) is 48.3 Å². The van der Waals surface area contributed by atoms with E-state index in [4.69, 9.17) is 0 Å². The number of rotatable bonds is 4. The van der Waals surface area contributed by atoms with Crippen molar-refractivity contribution in [2.75, 3.05) is 25.0 Å². The second kappa shape index (κ2) is 5.54. The maximum Gasteiger partial charge on any atom is 0.0372 e. The standard InChI is InChI=1S/C15H24N2/c1-11-8-13(3)15(9-12(11)2)17-7-5-14-4-6-16-10-14/h8-9,14,16-17H,4-7,10H2,1-3H3. The van der Waals surface area contributed by atoms with Gasteiger partial charge in [-0.1, -0.05) is 6.07 Å². The number of anilines is 1. The van der Waals surface area contributed by atoms with Crippen LogP contribution in [-0.2, 0) is 0 Å². The molecule has 1 fully saturated rings. The van der Waals surface area contributed by atoms with Crippen molar-refractivity contribution in [3.63, 3.8) is 0 Å². The fourth-order valence-electron chi connectivity index (χ4n) is 2.52. The Morgan fingerprint density at radius 3 is 2.65 bits per heavy atom. The van der Waals surface area contributed by atoms with Crippen LogP contribution in [0.15, 0.2) is 12.1 Å². The summed E-state index contributed by atoms with van der Waals surface area (Å²) in [5, 5.41) is 7.00. The summed E-state index contributed by atoms with van der Waals surface area (Å²) in [5.74, 6) is 0.870. The first kappa shape index (κ1) is 12.4. The normalized spacial score (nSPS) is 19.6. The van der Waals surface area contributed by atoms with Crippen molar-refractivity contribution in [2.24, 2.45) is 5.92 Å². The molecule has 17 heavy (non-hydrogen) atoms. The lowest BCUT2D eigenvalue weighted by molar-refractivity contribution is 0.549. The number of aryl methyl sites for hydroxylation is 3. The van der Waals surface area contributed by atoms with E-state index >= 15 is 0 Å². The monoisotopic (exact) mass is 232 g/mol. The molecule has 2 N–H and O–H groups in total. The summed E-state index contributed by atoms with van der Waals surface area (Å²) in [6.07, 6.45) is 2.62. The Labute approximate surface area is 105 Å². The third-order valence-corrected chi connectivity index (χ3v) is 3.87. The third kappa shape index (κ3) is 3.22. The second-order valence-corrected chi connectivity index (χ2v) is 5.33. The lowest BCUT2D eigenvalue weighted by Gasteiger charge is -2.14. The number of hydrogen-bond acceptors (Lipinski definition) is 2. The minimum Gasteiger partial charge on any atom is -0.385 e. The van der Waals surface area contributed by atoms with Crippen LogP contribution in [0.4, 0.5) is 5.69 Å². The molecule has 94 valence electrons. The fraction of sp³-hybridized carbons (Fsp3) is 0.600. The van der Waals surface area contributed by atoms with E-state index in [1.807, 2.05) is 0 Å². The Kier molecular flexibility index (Phi) is 4.06. The van der Waals surface area contributed by atoms with E-state index in [0.717, 1.165) is 12.5 Å². The van der Waals surface area contributed by atoms with E-state index in [9.17, 15) is 0 Å². The van der Waals surface area contributed by atoms with E-state index in [2.05, 4.69) is 43.5 Å². The Hall–Kier alpha value is -1.02. The molecule has 1 aromatic carbocycles. The lowest BCUT2D eigenvalue weighted by Crippen LogP contribution is -2.13. The molecule has 0 aromatic heterocycles. The molecule has 0 bridgehead atoms. The maximum absolute atomic E-state index is 3.58.